The van der Waals surface area contributed by atoms with Gasteiger partial charge in [0.05, 0.1) is 5.69 Å². The van der Waals surface area contributed by atoms with Crippen LogP contribution in [0.25, 0.3) is 0 Å². The second kappa shape index (κ2) is 7.33. The molecule has 1 amide bonds. The van der Waals surface area contributed by atoms with E-state index >= 15 is 0 Å². The molecule has 0 aromatic heterocycles. The third-order valence-corrected chi connectivity index (χ3v) is 2.89. The molecule has 0 bridgehead atoms. The van der Waals surface area contributed by atoms with Gasteiger partial charge in [-0.3, -0.25) is 4.79 Å². The van der Waals surface area contributed by atoms with E-state index in [0.29, 0.717) is 24.7 Å². The van der Waals surface area contributed by atoms with Crippen LogP contribution in [0.5, 0.6) is 11.5 Å². The van der Waals surface area contributed by atoms with E-state index in [-0.39, 0.29) is 5.91 Å². The lowest BCUT2D eigenvalue weighted by Crippen LogP contribution is -2.12. The van der Waals surface area contributed by atoms with E-state index in [9.17, 15) is 4.79 Å². The molecule has 2 aromatic carbocycles. The Morgan fingerprint density at radius 1 is 0.952 bits per heavy atom. The van der Waals surface area contributed by atoms with E-state index in [0.717, 1.165) is 11.3 Å². The van der Waals surface area contributed by atoms with Gasteiger partial charge in [-0.1, -0.05) is 30.3 Å². The second-order valence-electron chi connectivity index (χ2n) is 4.64. The van der Waals surface area contributed by atoms with Crippen LogP contribution in [0.1, 0.15) is 12.5 Å². The van der Waals surface area contributed by atoms with Gasteiger partial charge in [0.2, 0.25) is 5.91 Å². The van der Waals surface area contributed by atoms with Crippen LogP contribution in [-0.4, -0.2) is 19.1 Å². The SMILES string of the molecule is CC(=O)Nc1ccccc1OCCOc1ccccc1C. The van der Waals surface area contributed by atoms with E-state index < -0.39 is 0 Å². The third-order valence-electron chi connectivity index (χ3n) is 2.89. The molecule has 0 radical (unpaired) electrons. The Bertz CT molecular complexity index is 610. The summed E-state index contributed by atoms with van der Waals surface area (Å²) in [5.41, 5.74) is 1.76. The summed E-state index contributed by atoms with van der Waals surface area (Å²) in [6.45, 7) is 4.32. The molecule has 2 rings (SSSR count). The molecule has 4 nitrogen and oxygen atoms in total. The molecule has 0 aliphatic carbocycles. The minimum Gasteiger partial charge on any atom is -0.490 e. The number of rotatable bonds is 6. The second-order valence-corrected chi connectivity index (χ2v) is 4.64. The Kier molecular flexibility index (Phi) is 5.21. The molecule has 2 aromatic rings. The molecule has 0 fully saturated rings. The molecule has 0 spiro atoms. The average molecular weight is 285 g/mol. The van der Waals surface area contributed by atoms with Gasteiger partial charge < -0.3 is 14.8 Å². The molecule has 0 heterocycles. The summed E-state index contributed by atoms with van der Waals surface area (Å²) in [6.07, 6.45) is 0. The number of amides is 1. The Balaban J connectivity index is 1.86. The number of hydrogen-bond donors (Lipinski definition) is 1. The minimum absolute atomic E-state index is 0.123. The lowest BCUT2D eigenvalue weighted by Gasteiger charge is -2.13. The normalized spacial score (nSPS) is 10.0. The summed E-state index contributed by atoms with van der Waals surface area (Å²) in [6, 6.07) is 15.2. The summed E-state index contributed by atoms with van der Waals surface area (Å²) in [5, 5.41) is 2.74. The van der Waals surface area contributed by atoms with Gasteiger partial charge in [0.25, 0.3) is 0 Å². The number of carbonyl (C=O) groups is 1. The number of aryl methyl sites for hydroxylation is 1. The molecule has 4 heteroatoms. The molecule has 0 saturated heterocycles. The maximum atomic E-state index is 11.1. The fraction of sp³-hybridized carbons (Fsp3) is 0.235. The maximum Gasteiger partial charge on any atom is 0.221 e. The van der Waals surface area contributed by atoms with Crippen molar-refractivity contribution in [3.8, 4) is 11.5 Å². The van der Waals surface area contributed by atoms with Gasteiger partial charge in [0.15, 0.2) is 0 Å². The predicted molar refractivity (Wildman–Crippen MR) is 82.9 cm³/mol. The van der Waals surface area contributed by atoms with Crippen molar-refractivity contribution in [3.63, 3.8) is 0 Å². The van der Waals surface area contributed by atoms with Gasteiger partial charge in [-0.05, 0) is 30.7 Å². The summed E-state index contributed by atoms with van der Waals surface area (Å²) in [4.78, 5) is 11.1. The minimum atomic E-state index is -0.123. The zero-order chi connectivity index (χ0) is 15.1. The van der Waals surface area contributed by atoms with Crippen LogP contribution >= 0.6 is 0 Å². The number of para-hydroxylation sites is 3. The fourth-order valence-electron chi connectivity index (χ4n) is 1.91. The zero-order valence-corrected chi connectivity index (χ0v) is 12.3. The molecular weight excluding hydrogens is 266 g/mol. The number of nitrogens with one attached hydrogen (secondary N) is 1. The van der Waals surface area contributed by atoms with E-state index in [4.69, 9.17) is 9.47 Å². The van der Waals surface area contributed by atoms with Gasteiger partial charge in [-0.2, -0.15) is 0 Å². The topological polar surface area (TPSA) is 47.6 Å². The van der Waals surface area contributed by atoms with Crippen molar-refractivity contribution >= 4 is 11.6 Å². The molecule has 110 valence electrons. The van der Waals surface area contributed by atoms with Crippen molar-refractivity contribution in [2.24, 2.45) is 0 Å². The molecule has 0 aliphatic rings. The molecule has 1 N–H and O–H groups in total. The van der Waals surface area contributed by atoms with Gasteiger partial charge >= 0.3 is 0 Å². The van der Waals surface area contributed by atoms with Crippen molar-refractivity contribution in [3.05, 3.63) is 54.1 Å². The monoisotopic (exact) mass is 285 g/mol. The Morgan fingerprint density at radius 2 is 1.52 bits per heavy atom. The van der Waals surface area contributed by atoms with Crippen molar-refractivity contribution in [2.75, 3.05) is 18.5 Å². The summed E-state index contributed by atoms with van der Waals surface area (Å²) < 4.78 is 11.3. The van der Waals surface area contributed by atoms with E-state index in [1.54, 1.807) is 6.07 Å². The number of ether oxygens (including phenoxy) is 2. The van der Waals surface area contributed by atoms with Gasteiger partial charge in [-0.15, -0.1) is 0 Å². The van der Waals surface area contributed by atoms with Crippen molar-refractivity contribution < 1.29 is 14.3 Å². The average Bonchev–Trinajstić information content (AvgIpc) is 2.46. The Morgan fingerprint density at radius 3 is 2.19 bits per heavy atom. The third kappa shape index (κ3) is 4.53. The van der Waals surface area contributed by atoms with Crippen LogP contribution in [0.4, 0.5) is 5.69 Å². The first-order valence-electron chi connectivity index (χ1n) is 6.84. The Hall–Kier alpha value is -2.49. The van der Waals surface area contributed by atoms with Gasteiger partial charge in [0.1, 0.15) is 24.7 Å². The first-order chi connectivity index (χ1) is 10.2. The predicted octanol–water partition coefficient (Wildman–Crippen LogP) is 3.41. The largest absolute Gasteiger partial charge is 0.490 e. The number of carbonyl (C=O) groups excluding carboxylic acids is 1. The van der Waals surface area contributed by atoms with E-state index in [1.165, 1.54) is 6.92 Å². The Labute approximate surface area is 124 Å². The number of anilines is 1. The maximum absolute atomic E-state index is 11.1. The highest BCUT2D eigenvalue weighted by Crippen LogP contribution is 2.23. The standard InChI is InChI=1S/C17H19NO3/c1-13-7-3-5-9-16(13)20-11-12-21-17-10-6-4-8-15(17)18-14(2)19/h3-10H,11-12H2,1-2H3,(H,18,19). The van der Waals surface area contributed by atoms with Crippen molar-refractivity contribution in [2.45, 2.75) is 13.8 Å². The van der Waals surface area contributed by atoms with E-state index in [2.05, 4.69) is 5.32 Å². The quantitative estimate of drug-likeness (QED) is 0.827. The molecule has 0 aliphatic heterocycles. The molecule has 0 saturated carbocycles. The molecular formula is C17H19NO3. The molecule has 21 heavy (non-hydrogen) atoms. The highest BCUT2D eigenvalue weighted by molar-refractivity contribution is 5.90. The summed E-state index contributed by atoms with van der Waals surface area (Å²) in [7, 11) is 0. The van der Waals surface area contributed by atoms with Crippen LogP contribution in [0, 0.1) is 6.92 Å². The highest BCUT2D eigenvalue weighted by Gasteiger charge is 2.04. The van der Waals surface area contributed by atoms with Crippen LogP contribution in [0.3, 0.4) is 0 Å². The van der Waals surface area contributed by atoms with Crippen LogP contribution in [0.15, 0.2) is 48.5 Å². The number of hydrogen-bond acceptors (Lipinski definition) is 3. The van der Waals surface area contributed by atoms with Gasteiger partial charge in [-0.25, -0.2) is 0 Å². The number of benzene rings is 2. The van der Waals surface area contributed by atoms with Crippen molar-refractivity contribution in [1.82, 2.24) is 0 Å². The smallest absolute Gasteiger partial charge is 0.221 e. The van der Waals surface area contributed by atoms with Gasteiger partial charge in [0, 0.05) is 6.92 Å². The van der Waals surface area contributed by atoms with E-state index in [1.807, 2.05) is 49.4 Å². The van der Waals surface area contributed by atoms with Crippen LogP contribution in [-0.2, 0) is 4.79 Å². The van der Waals surface area contributed by atoms with Crippen LogP contribution in [0.2, 0.25) is 0 Å². The van der Waals surface area contributed by atoms with Crippen molar-refractivity contribution in [1.29, 1.82) is 0 Å². The summed E-state index contributed by atoms with van der Waals surface area (Å²) in [5.74, 6) is 1.37. The van der Waals surface area contributed by atoms with Crippen LogP contribution < -0.4 is 14.8 Å². The molecule has 0 atom stereocenters. The molecule has 0 unspecified atom stereocenters. The first kappa shape index (κ1) is 14.9. The summed E-state index contributed by atoms with van der Waals surface area (Å²) >= 11 is 0. The zero-order valence-electron chi connectivity index (χ0n) is 12.3. The lowest BCUT2D eigenvalue weighted by atomic mass is 10.2. The lowest BCUT2D eigenvalue weighted by molar-refractivity contribution is -0.114. The fourth-order valence-corrected chi connectivity index (χ4v) is 1.91. The highest BCUT2D eigenvalue weighted by atomic mass is 16.5. The first-order valence-corrected chi connectivity index (χ1v) is 6.84.